The zero-order valence-corrected chi connectivity index (χ0v) is 8.49. The Bertz CT molecular complexity index is 445. The Morgan fingerprint density at radius 1 is 1.44 bits per heavy atom. The highest BCUT2D eigenvalue weighted by Gasteiger charge is 2.30. The molecule has 2 rings (SSSR count). The topological polar surface area (TPSA) is 58.6 Å². The molecule has 84 valence electrons. The van der Waals surface area contributed by atoms with Crippen molar-refractivity contribution in [3.05, 3.63) is 24.0 Å². The second-order valence-electron chi connectivity index (χ2n) is 3.21. The number of hydrogen-bond acceptors (Lipinski definition) is 3. The normalized spacial score (nSPS) is 15.2. The van der Waals surface area contributed by atoms with E-state index in [0.717, 1.165) is 11.0 Å². The Hall–Kier alpha value is -2.11. The van der Waals surface area contributed by atoms with Gasteiger partial charge in [0.15, 0.2) is 11.6 Å². The van der Waals surface area contributed by atoms with E-state index in [4.69, 9.17) is 4.74 Å². The average molecular weight is 224 g/mol. The number of halogens is 1. The van der Waals surface area contributed by atoms with E-state index in [1.807, 2.05) is 0 Å². The largest absolute Gasteiger partial charge is 0.494 e. The van der Waals surface area contributed by atoms with Gasteiger partial charge in [-0.3, -0.25) is 4.79 Å². The SMILES string of the molecule is COc1cc(N2C(=O)CNC2=O)ccc1F. The minimum atomic E-state index is -0.543. The second-order valence-corrected chi connectivity index (χ2v) is 3.21. The lowest BCUT2D eigenvalue weighted by atomic mass is 10.2. The highest BCUT2D eigenvalue weighted by Crippen LogP contribution is 2.25. The summed E-state index contributed by atoms with van der Waals surface area (Å²) in [5.74, 6) is -0.929. The third-order valence-electron chi connectivity index (χ3n) is 2.24. The van der Waals surface area contributed by atoms with Crippen LogP contribution in [0.4, 0.5) is 14.9 Å². The summed E-state index contributed by atoms with van der Waals surface area (Å²) in [6.07, 6.45) is 0. The van der Waals surface area contributed by atoms with Crippen molar-refractivity contribution in [1.29, 1.82) is 0 Å². The van der Waals surface area contributed by atoms with Gasteiger partial charge in [-0.15, -0.1) is 0 Å². The summed E-state index contributed by atoms with van der Waals surface area (Å²) in [4.78, 5) is 23.7. The number of ether oxygens (including phenoxy) is 1. The van der Waals surface area contributed by atoms with E-state index >= 15 is 0 Å². The van der Waals surface area contributed by atoms with Crippen LogP contribution in [0, 0.1) is 5.82 Å². The van der Waals surface area contributed by atoms with E-state index in [1.165, 1.54) is 19.2 Å². The van der Waals surface area contributed by atoms with Gasteiger partial charge in [0.25, 0.3) is 5.91 Å². The molecule has 1 saturated heterocycles. The van der Waals surface area contributed by atoms with E-state index in [1.54, 1.807) is 0 Å². The van der Waals surface area contributed by atoms with Crippen molar-refractivity contribution in [3.8, 4) is 5.75 Å². The zero-order valence-electron chi connectivity index (χ0n) is 8.49. The molecule has 1 aromatic rings. The van der Waals surface area contributed by atoms with Gasteiger partial charge < -0.3 is 10.1 Å². The number of benzene rings is 1. The first-order valence-corrected chi connectivity index (χ1v) is 4.58. The number of imide groups is 1. The molecule has 0 aromatic heterocycles. The first-order valence-electron chi connectivity index (χ1n) is 4.58. The number of methoxy groups -OCH3 is 1. The van der Waals surface area contributed by atoms with Crippen molar-refractivity contribution < 1.29 is 18.7 Å². The van der Waals surface area contributed by atoms with Gasteiger partial charge in [-0.05, 0) is 12.1 Å². The molecule has 1 N–H and O–H groups in total. The van der Waals surface area contributed by atoms with Crippen LogP contribution in [0.1, 0.15) is 0 Å². The maximum Gasteiger partial charge on any atom is 0.329 e. The lowest BCUT2D eigenvalue weighted by molar-refractivity contribution is -0.115. The van der Waals surface area contributed by atoms with Gasteiger partial charge >= 0.3 is 6.03 Å². The molecule has 1 aromatic carbocycles. The van der Waals surface area contributed by atoms with Crippen molar-refractivity contribution in [2.24, 2.45) is 0 Å². The van der Waals surface area contributed by atoms with Gasteiger partial charge in [0.05, 0.1) is 19.3 Å². The fourth-order valence-corrected chi connectivity index (χ4v) is 1.47. The first kappa shape index (κ1) is 10.4. The molecule has 1 aliphatic heterocycles. The Kier molecular flexibility index (Phi) is 2.47. The van der Waals surface area contributed by atoms with Crippen molar-refractivity contribution >= 4 is 17.6 Å². The number of amides is 3. The molecule has 1 aliphatic rings. The molecule has 5 nitrogen and oxygen atoms in total. The zero-order chi connectivity index (χ0) is 11.7. The standard InChI is InChI=1S/C10H9FN2O3/c1-16-8-4-6(2-3-7(8)11)13-9(14)5-12-10(13)15/h2-4H,5H2,1H3,(H,12,15). The van der Waals surface area contributed by atoms with Crippen LogP contribution in [-0.4, -0.2) is 25.6 Å². The van der Waals surface area contributed by atoms with Gasteiger partial charge in [0.1, 0.15) is 0 Å². The molecule has 1 heterocycles. The Balaban J connectivity index is 2.40. The summed E-state index contributed by atoms with van der Waals surface area (Å²) in [6, 6.07) is 3.28. The van der Waals surface area contributed by atoms with Crippen molar-refractivity contribution in [3.63, 3.8) is 0 Å². The van der Waals surface area contributed by atoms with Crippen LogP contribution < -0.4 is 15.0 Å². The number of carbonyl (C=O) groups is 2. The summed E-state index contributed by atoms with van der Waals surface area (Å²) >= 11 is 0. The highest BCUT2D eigenvalue weighted by atomic mass is 19.1. The molecule has 1 fully saturated rings. The molecule has 0 aliphatic carbocycles. The summed E-state index contributed by atoms with van der Waals surface area (Å²) in [5.41, 5.74) is 0.290. The quantitative estimate of drug-likeness (QED) is 0.759. The lowest BCUT2D eigenvalue weighted by Crippen LogP contribution is -2.30. The lowest BCUT2D eigenvalue weighted by Gasteiger charge is -2.13. The van der Waals surface area contributed by atoms with Gasteiger partial charge in [0.2, 0.25) is 0 Å². The summed E-state index contributed by atoms with van der Waals surface area (Å²) in [7, 11) is 1.31. The van der Waals surface area contributed by atoms with Crippen LogP contribution in [0.3, 0.4) is 0 Å². The minimum Gasteiger partial charge on any atom is -0.494 e. The van der Waals surface area contributed by atoms with Crippen LogP contribution in [0.2, 0.25) is 0 Å². The average Bonchev–Trinajstić information content (AvgIpc) is 2.60. The third-order valence-corrected chi connectivity index (χ3v) is 2.24. The van der Waals surface area contributed by atoms with Crippen molar-refractivity contribution in [2.45, 2.75) is 0 Å². The molecule has 6 heteroatoms. The first-order chi connectivity index (χ1) is 7.63. The van der Waals surface area contributed by atoms with Gasteiger partial charge in [-0.2, -0.15) is 0 Å². The van der Waals surface area contributed by atoms with Gasteiger partial charge in [-0.1, -0.05) is 0 Å². The van der Waals surface area contributed by atoms with Crippen LogP contribution in [0.5, 0.6) is 5.75 Å². The summed E-state index contributed by atoms with van der Waals surface area (Å²) < 4.78 is 17.9. The summed E-state index contributed by atoms with van der Waals surface area (Å²) in [6.45, 7) is -0.0431. The van der Waals surface area contributed by atoms with Crippen LogP contribution in [0.15, 0.2) is 18.2 Å². The maximum absolute atomic E-state index is 13.1. The number of rotatable bonds is 2. The predicted octanol–water partition coefficient (Wildman–Crippen LogP) is 0.891. The minimum absolute atomic E-state index is 0.00926. The molecule has 16 heavy (non-hydrogen) atoms. The molecule has 0 radical (unpaired) electrons. The Morgan fingerprint density at radius 3 is 2.75 bits per heavy atom. The Morgan fingerprint density at radius 2 is 2.19 bits per heavy atom. The highest BCUT2D eigenvalue weighted by molar-refractivity contribution is 6.19. The van der Waals surface area contributed by atoms with Crippen molar-refractivity contribution in [2.75, 3.05) is 18.6 Å². The molecule has 3 amide bonds. The molecule has 0 spiro atoms. The fraction of sp³-hybridized carbons (Fsp3) is 0.200. The number of urea groups is 1. The van der Waals surface area contributed by atoms with Crippen LogP contribution in [-0.2, 0) is 4.79 Å². The number of nitrogens with one attached hydrogen (secondary N) is 1. The molecular weight excluding hydrogens is 215 g/mol. The molecule has 0 saturated carbocycles. The van der Waals surface area contributed by atoms with Gasteiger partial charge in [0, 0.05) is 6.07 Å². The smallest absolute Gasteiger partial charge is 0.329 e. The monoisotopic (exact) mass is 224 g/mol. The van der Waals surface area contributed by atoms with Crippen molar-refractivity contribution in [1.82, 2.24) is 5.32 Å². The molecule has 0 unspecified atom stereocenters. The van der Waals surface area contributed by atoms with Crippen LogP contribution >= 0.6 is 0 Å². The summed E-state index contributed by atoms with van der Waals surface area (Å²) in [5, 5.41) is 2.37. The van der Waals surface area contributed by atoms with E-state index in [0.29, 0.717) is 5.69 Å². The van der Waals surface area contributed by atoms with E-state index in [9.17, 15) is 14.0 Å². The predicted molar refractivity (Wildman–Crippen MR) is 53.8 cm³/mol. The molecule has 0 atom stereocenters. The second kappa shape index (κ2) is 3.80. The number of nitrogens with zero attached hydrogens (tertiary/aromatic N) is 1. The molecular formula is C10H9FN2O3. The van der Waals surface area contributed by atoms with E-state index in [2.05, 4.69) is 5.32 Å². The van der Waals surface area contributed by atoms with Gasteiger partial charge in [-0.25, -0.2) is 14.1 Å². The molecule has 0 bridgehead atoms. The Labute approximate surface area is 90.8 Å². The maximum atomic E-state index is 13.1. The van der Waals surface area contributed by atoms with E-state index < -0.39 is 11.8 Å². The number of carbonyl (C=O) groups excluding carboxylic acids is 2. The number of hydrogen-bond donors (Lipinski definition) is 1. The van der Waals surface area contributed by atoms with E-state index in [-0.39, 0.29) is 18.2 Å². The number of anilines is 1. The van der Waals surface area contributed by atoms with Crippen LogP contribution in [0.25, 0.3) is 0 Å². The third kappa shape index (κ3) is 1.58. The fourth-order valence-electron chi connectivity index (χ4n) is 1.47.